The average Bonchev–Trinajstić information content (AvgIpc) is 2.73. The van der Waals surface area contributed by atoms with E-state index in [0.29, 0.717) is 12.0 Å². The number of carbonyl (C=O) groups excluding carboxylic acids is 1. The fourth-order valence-corrected chi connectivity index (χ4v) is 4.48. The first kappa shape index (κ1) is 23.6. The molecule has 2 aromatic carbocycles. The maximum absolute atomic E-state index is 14.2. The highest BCUT2D eigenvalue weighted by atomic mass is 19.4. The predicted molar refractivity (Wildman–Crippen MR) is 113 cm³/mol. The van der Waals surface area contributed by atoms with Crippen molar-refractivity contribution in [3.63, 3.8) is 0 Å². The van der Waals surface area contributed by atoms with Gasteiger partial charge in [0.15, 0.2) is 0 Å². The van der Waals surface area contributed by atoms with Crippen LogP contribution in [-0.4, -0.2) is 5.97 Å². The van der Waals surface area contributed by atoms with Crippen molar-refractivity contribution in [2.45, 2.75) is 77.3 Å². The Morgan fingerprint density at radius 2 is 1.71 bits per heavy atom. The molecule has 3 rings (SSSR count). The molecule has 0 heterocycles. The molecule has 0 saturated heterocycles. The summed E-state index contributed by atoms with van der Waals surface area (Å²) in [7, 11) is 0. The zero-order valence-electron chi connectivity index (χ0n) is 17.9. The lowest BCUT2D eigenvalue weighted by atomic mass is 9.80. The smallest absolute Gasteiger partial charge is 0.419 e. The summed E-state index contributed by atoms with van der Waals surface area (Å²) in [4.78, 5) is 12.5. The van der Waals surface area contributed by atoms with Crippen LogP contribution in [0.2, 0.25) is 0 Å². The van der Waals surface area contributed by atoms with E-state index in [1.54, 1.807) is 0 Å². The second-order valence-electron chi connectivity index (χ2n) is 8.65. The molecule has 1 aliphatic carbocycles. The number of esters is 1. The Hall–Kier alpha value is -2.11. The molecule has 170 valence electrons. The van der Waals surface area contributed by atoms with Gasteiger partial charge in [0.25, 0.3) is 0 Å². The number of ether oxygens (including phenoxy) is 1. The van der Waals surface area contributed by atoms with Crippen LogP contribution in [0.3, 0.4) is 0 Å². The minimum Gasteiger partial charge on any atom is -0.426 e. The van der Waals surface area contributed by atoms with Gasteiger partial charge in [-0.25, -0.2) is 4.39 Å². The molecule has 0 spiro atoms. The molecular formula is C25H30F4O2. The maximum atomic E-state index is 14.2. The normalized spacial score (nSPS) is 19.5. The molecule has 0 aromatic heterocycles. The molecular weight excluding hydrogens is 408 g/mol. The van der Waals surface area contributed by atoms with E-state index in [1.165, 1.54) is 62.8 Å². The van der Waals surface area contributed by atoms with Crippen LogP contribution < -0.4 is 4.74 Å². The summed E-state index contributed by atoms with van der Waals surface area (Å²) < 4.78 is 58.3. The molecule has 0 atom stereocenters. The van der Waals surface area contributed by atoms with Crippen molar-refractivity contribution in [1.82, 2.24) is 0 Å². The number of hydrogen-bond acceptors (Lipinski definition) is 2. The molecule has 2 aromatic rings. The van der Waals surface area contributed by atoms with Crippen LogP contribution >= 0.6 is 0 Å². The van der Waals surface area contributed by atoms with E-state index < -0.39 is 17.6 Å². The SMILES string of the molecule is CCCCCCCC1CCC(C(=O)Oc2ccc3c(F)c(C(F)(F)F)ccc3c2)CC1. The Morgan fingerprint density at radius 1 is 1.00 bits per heavy atom. The minimum atomic E-state index is -4.75. The van der Waals surface area contributed by atoms with Crippen molar-refractivity contribution in [3.05, 3.63) is 41.7 Å². The van der Waals surface area contributed by atoms with E-state index in [2.05, 4.69) is 6.92 Å². The summed E-state index contributed by atoms with van der Waals surface area (Å²) in [6, 6.07) is 5.92. The maximum Gasteiger partial charge on any atom is 0.419 e. The lowest BCUT2D eigenvalue weighted by Crippen LogP contribution is -2.25. The number of unbranched alkanes of at least 4 members (excludes halogenated alkanes) is 4. The van der Waals surface area contributed by atoms with E-state index >= 15 is 0 Å². The van der Waals surface area contributed by atoms with Gasteiger partial charge in [-0.3, -0.25) is 4.79 Å². The fourth-order valence-electron chi connectivity index (χ4n) is 4.48. The highest BCUT2D eigenvalue weighted by Crippen LogP contribution is 2.36. The second-order valence-corrected chi connectivity index (χ2v) is 8.65. The first-order valence-corrected chi connectivity index (χ1v) is 11.3. The van der Waals surface area contributed by atoms with Gasteiger partial charge in [0.1, 0.15) is 11.6 Å². The third-order valence-corrected chi connectivity index (χ3v) is 6.35. The highest BCUT2D eigenvalue weighted by Gasteiger charge is 2.34. The topological polar surface area (TPSA) is 26.3 Å². The fraction of sp³-hybridized carbons (Fsp3) is 0.560. The number of fused-ring (bicyclic) bond motifs is 1. The number of hydrogen-bond donors (Lipinski definition) is 0. The summed E-state index contributed by atoms with van der Waals surface area (Å²) >= 11 is 0. The molecule has 1 aliphatic rings. The van der Waals surface area contributed by atoms with Gasteiger partial charge in [-0.2, -0.15) is 13.2 Å². The third kappa shape index (κ3) is 6.20. The minimum absolute atomic E-state index is 0.144. The molecule has 0 bridgehead atoms. The van der Waals surface area contributed by atoms with E-state index in [0.717, 1.165) is 25.7 Å². The Kier molecular flexibility index (Phi) is 7.95. The van der Waals surface area contributed by atoms with Crippen LogP contribution in [0.25, 0.3) is 10.8 Å². The Bertz CT molecular complexity index is 883. The Labute approximate surface area is 181 Å². The van der Waals surface area contributed by atoms with Crippen molar-refractivity contribution in [2.24, 2.45) is 11.8 Å². The van der Waals surface area contributed by atoms with Crippen LogP contribution in [-0.2, 0) is 11.0 Å². The number of benzene rings is 2. The second kappa shape index (κ2) is 10.5. The van der Waals surface area contributed by atoms with Crippen molar-refractivity contribution in [3.8, 4) is 5.75 Å². The Balaban J connectivity index is 1.54. The lowest BCUT2D eigenvalue weighted by molar-refractivity contribution is -0.140. The molecule has 0 N–H and O–H groups in total. The van der Waals surface area contributed by atoms with Crippen molar-refractivity contribution in [1.29, 1.82) is 0 Å². The quantitative estimate of drug-likeness (QED) is 0.180. The summed E-state index contributed by atoms with van der Waals surface area (Å²) in [6.45, 7) is 2.21. The first-order valence-electron chi connectivity index (χ1n) is 11.3. The Morgan fingerprint density at radius 3 is 2.39 bits per heavy atom. The van der Waals surface area contributed by atoms with Gasteiger partial charge in [0, 0.05) is 5.39 Å². The van der Waals surface area contributed by atoms with Crippen molar-refractivity contribution < 1.29 is 27.1 Å². The van der Waals surface area contributed by atoms with Crippen LogP contribution in [0.4, 0.5) is 17.6 Å². The zero-order valence-corrected chi connectivity index (χ0v) is 17.9. The van der Waals surface area contributed by atoms with Crippen molar-refractivity contribution >= 4 is 16.7 Å². The number of carbonyl (C=O) groups is 1. The van der Waals surface area contributed by atoms with E-state index in [9.17, 15) is 22.4 Å². The molecule has 0 aliphatic heterocycles. The van der Waals surface area contributed by atoms with E-state index in [4.69, 9.17) is 4.74 Å². The summed E-state index contributed by atoms with van der Waals surface area (Å²) in [5.74, 6) is -0.868. The average molecular weight is 439 g/mol. The molecule has 1 saturated carbocycles. The van der Waals surface area contributed by atoms with Gasteiger partial charge in [0.05, 0.1) is 11.5 Å². The van der Waals surface area contributed by atoms with Crippen LogP contribution in [0.1, 0.15) is 76.7 Å². The molecule has 0 unspecified atom stereocenters. The monoisotopic (exact) mass is 438 g/mol. The predicted octanol–water partition coefficient (Wildman–Crippen LogP) is 8.07. The van der Waals surface area contributed by atoms with Crippen molar-refractivity contribution in [2.75, 3.05) is 0 Å². The largest absolute Gasteiger partial charge is 0.426 e. The molecule has 31 heavy (non-hydrogen) atoms. The van der Waals surface area contributed by atoms with Gasteiger partial charge in [-0.1, -0.05) is 51.5 Å². The van der Waals surface area contributed by atoms with E-state index in [1.807, 2.05) is 0 Å². The molecule has 1 fully saturated rings. The van der Waals surface area contributed by atoms with Gasteiger partial charge >= 0.3 is 12.1 Å². The summed E-state index contributed by atoms with van der Waals surface area (Å²) in [5, 5.41) is 0.122. The van der Waals surface area contributed by atoms with Gasteiger partial charge in [-0.15, -0.1) is 0 Å². The standard InChI is InChI=1S/C25H30F4O2/c1-2-3-4-5-6-7-17-8-10-18(11-9-17)24(30)31-20-13-14-21-19(16-20)12-15-22(23(21)26)25(27,28)29/h12-18H,2-11H2,1H3. The van der Waals surface area contributed by atoms with Gasteiger partial charge < -0.3 is 4.74 Å². The van der Waals surface area contributed by atoms with Crippen LogP contribution in [0.15, 0.2) is 30.3 Å². The highest BCUT2D eigenvalue weighted by molar-refractivity contribution is 5.86. The number of rotatable bonds is 8. The first-order chi connectivity index (χ1) is 14.8. The van der Waals surface area contributed by atoms with Crippen LogP contribution in [0, 0.1) is 17.7 Å². The van der Waals surface area contributed by atoms with Gasteiger partial charge in [-0.05, 0) is 61.3 Å². The molecule has 2 nitrogen and oxygen atoms in total. The third-order valence-electron chi connectivity index (χ3n) is 6.35. The lowest BCUT2D eigenvalue weighted by Gasteiger charge is -2.27. The number of halogens is 4. The number of alkyl halides is 3. The summed E-state index contributed by atoms with van der Waals surface area (Å²) in [6.07, 6.45) is 6.49. The van der Waals surface area contributed by atoms with Gasteiger partial charge in [0.2, 0.25) is 0 Å². The molecule has 0 radical (unpaired) electrons. The molecule has 6 heteroatoms. The molecule has 0 amide bonds. The summed E-state index contributed by atoms with van der Waals surface area (Å²) in [5.41, 5.74) is -1.30. The zero-order chi connectivity index (χ0) is 22.4. The van der Waals surface area contributed by atoms with E-state index in [-0.39, 0.29) is 28.4 Å². The van der Waals surface area contributed by atoms with Crippen LogP contribution in [0.5, 0.6) is 5.75 Å².